The first-order chi connectivity index (χ1) is 16.6. The molecule has 7 heteroatoms. The number of halogens is 1. The van der Waals surface area contributed by atoms with E-state index in [2.05, 4.69) is 5.32 Å². The van der Waals surface area contributed by atoms with Gasteiger partial charge in [-0.05, 0) is 43.0 Å². The van der Waals surface area contributed by atoms with E-state index in [1.807, 2.05) is 43.3 Å². The van der Waals surface area contributed by atoms with Gasteiger partial charge in [-0.1, -0.05) is 62.1 Å². The molecule has 184 valence electrons. The van der Waals surface area contributed by atoms with Crippen molar-refractivity contribution < 1.29 is 19.1 Å². The van der Waals surface area contributed by atoms with Gasteiger partial charge in [-0.15, -0.1) is 11.6 Å². The Kier molecular flexibility index (Phi) is 10.1. The van der Waals surface area contributed by atoms with Crippen molar-refractivity contribution >= 4 is 23.4 Å². The summed E-state index contributed by atoms with van der Waals surface area (Å²) in [5, 5.41) is 3.23. The Balaban J connectivity index is 2.00. The van der Waals surface area contributed by atoms with E-state index in [0.717, 1.165) is 31.2 Å². The molecule has 1 N–H and O–H groups in total. The molecule has 0 unspecified atom stereocenters. The molecule has 1 aliphatic carbocycles. The molecule has 1 aliphatic rings. The number of carbonyl (C=O) groups is 2. The molecular weight excluding hydrogens is 452 g/mol. The standard InChI is InChI=1S/C27H35ClN2O4/c1-3-34-23-16-15-21(17-24(23)33-2)26(27(32)29-22-13-9-4-5-10-14-22)30(25(31)18-28)19-20-11-7-6-8-12-20/h6-8,11-12,15-17,22,26H,3-5,9-10,13-14,18-19H2,1-2H3,(H,29,32)/t26-/m0/s1. The Labute approximate surface area is 207 Å². The summed E-state index contributed by atoms with van der Waals surface area (Å²) in [7, 11) is 1.56. The van der Waals surface area contributed by atoms with Gasteiger partial charge in [-0.3, -0.25) is 9.59 Å². The van der Waals surface area contributed by atoms with Gasteiger partial charge in [0.1, 0.15) is 11.9 Å². The van der Waals surface area contributed by atoms with Crippen LogP contribution in [-0.4, -0.2) is 42.4 Å². The van der Waals surface area contributed by atoms with Gasteiger partial charge in [-0.25, -0.2) is 0 Å². The average molecular weight is 487 g/mol. The van der Waals surface area contributed by atoms with Gasteiger partial charge in [-0.2, -0.15) is 0 Å². The lowest BCUT2D eigenvalue weighted by Crippen LogP contribution is -2.46. The second kappa shape index (κ2) is 13.2. The Morgan fingerprint density at radius 2 is 1.76 bits per heavy atom. The normalized spacial score (nSPS) is 15.1. The minimum Gasteiger partial charge on any atom is -0.493 e. The number of hydrogen-bond donors (Lipinski definition) is 1. The summed E-state index contributed by atoms with van der Waals surface area (Å²) in [6.07, 6.45) is 6.48. The van der Waals surface area contributed by atoms with Gasteiger partial charge in [0.15, 0.2) is 11.5 Å². The van der Waals surface area contributed by atoms with E-state index in [0.29, 0.717) is 23.7 Å². The number of nitrogens with zero attached hydrogens (tertiary/aromatic N) is 1. The molecule has 0 heterocycles. The fraction of sp³-hybridized carbons (Fsp3) is 0.481. The minimum absolute atomic E-state index is 0.103. The van der Waals surface area contributed by atoms with E-state index in [9.17, 15) is 9.59 Å². The summed E-state index contributed by atoms with van der Waals surface area (Å²) < 4.78 is 11.2. The van der Waals surface area contributed by atoms with E-state index >= 15 is 0 Å². The third kappa shape index (κ3) is 6.89. The van der Waals surface area contributed by atoms with E-state index in [1.165, 1.54) is 12.8 Å². The lowest BCUT2D eigenvalue weighted by Gasteiger charge is -2.32. The average Bonchev–Trinajstić information content (AvgIpc) is 3.13. The predicted octanol–water partition coefficient (Wildman–Crippen LogP) is 5.24. The highest BCUT2D eigenvalue weighted by Gasteiger charge is 2.33. The number of alkyl halides is 1. The van der Waals surface area contributed by atoms with Crippen LogP contribution in [0.4, 0.5) is 0 Å². The fourth-order valence-electron chi connectivity index (χ4n) is 4.49. The van der Waals surface area contributed by atoms with Crippen molar-refractivity contribution in [3.05, 3.63) is 59.7 Å². The van der Waals surface area contributed by atoms with Crippen LogP contribution >= 0.6 is 11.6 Å². The molecule has 0 bridgehead atoms. The van der Waals surface area contributed by atoms with Crippen molar-refractivity contribution in [2.24, 2.45) is 0 Å². The van der Waals surface area contributed by atoms with Crippen molar-refractivity contribution in [2.75, 3.05) is 19.6 Å². The summed E-state index contributed by atoms with van der Waals surface area (Å²) >= 11 is 6.02. The number of carbonyl (C=O) groups excluding carboxylic acids is 2. The molecule has 2 amide bonds. The zero-order chi connectivity index (χ0) is 24.3. The third-order valence-electron chi connectivity index (χ3n) is 6.20. The number of hydrogen-bond acceptors (Lipinski definition) is 4. The largest absolute Gasteiger partial charge is 0.493 e. The predicted molar refractivity (Wildman–Crippen MR) is 134 cm³/mol. The molecule has 0 radical (unpaired) electrons. The number of rotatable bonds is 10. The summed E-state index contributed by atoms with van der Waals surface area (Å²) in [6.45, 7) is 2.66. The van der Waals surface area contributed by atoms with E-state index < -0.39 is 6.04 Å². The van der Waals surface area contributed by atoms with Gasteiger partial charge in [0, 0.05) is 12.6 Å². The Morgan fingerprint density at radius 3 is 2.38 bits per heavy atom. The lowest BCUT2D eigenvalue weighted by atomic mass is 10.0. The number of ether oxygens (including phenoxy) is 2. The zero-order valence-corrected chi connectivity index (χ0v) is 20.9. The topological polar surface area (TPSA) is 67.9 Å². The van der Waals surface area contributed by atoms with Gasteiger partial charge < -0.3 is 19.7 Å². The molecule has 0 saturated heterocycles. The molecule has 34 heavy (non-hydrogen) atoms. The molecule has 2 aromatic carbocycles. The maximum Gasteiger partial charge on any atom is 0.247 e. The van der Waals surface area contributed by atoms with Gasteiger partial charge in [0.05, 0.1) is 13.7 Å². The molecule has 1 saturated carbocycles. The highest BCUT2D eigenvalue weighted by molar-refractivity contribution is 6.27. The monoisotopic (exact) mass is 486 g/mol. The molecule has 0 aliphatic heterocycles. The number of amides is 2. The Bertz CT molecular complexity index is 929. The van der Waals surface area contributed by atoms with Gasteiger partial charge in [0.25, 0.3) is 0 Å². The molecule has 0 aromatic heterocycles. The molecular formula is C27H35ClN2O4. The third-order valence-corrected chi connectivity index (χ3v) is 6.42. The summed E-state index contributed by atoms with van der Waals surface area (Å²) in [5.41, 5.74) is 1.58. The van der Waals surface area contributed by atoms with Crippen molar-refractivity contribution in [1.29, 1.82) is 0 Å². The van der Waals surface area contributed by atoms with Crippen LogP contribution in [0.1, 0.15) is 62.6 Å². The van der Waals surface area contributed by atoms with Crippen LogP contribution in [0.25, 0.3) is 0 Å². The molecule has 2 aromatic rings. The molecule has 3 rings (SSSR count). The first kappa shape index (κ1) is 25.9. The Hall–Kier alpha value is -2.73. The maximum absolute atomic E-state index is 13.8. The number of benzene rings is 2. The van der Waals surface area contributed by atoms with Crippen LogP contribution in [0.5, 0.6) is 11.5 Å². The fourth-order valence-corrected chi connectivity index (χ4v) is 4.64. The smallest absolute Gasteiger partial charge is 0.247 e. The van der Waals surface area contributed by atoms with Crippen LogP contribution in [0.3, 0.4) is 0 Å². The summed E-state index contributed by atoms with van der Waals surface area (Å²) in [4.78, 5) is 28.4. The van der Waals surface area contributed by atoms with E-state index in [1.54, 1.807) is 24.1 Å². The highest BCUT2D eigenvalue weighted by atomic mass is 35.5. The van der Waals surface area contributed by atoms with E-state index in [4.69, 9.17) is 21.1 Å². The van der Waals surface area contributed by atoms with Crippen LogP contribution in [0.15, 0.2) is 48.5 Å². The van der Waals surface area contributed by atoms with Gasteiger partial charge in [0.2, 0.25) is 11.8 Å². The minimum atomic E-state index is -0.848. The first-order valence-electron chi connectivity index (χ1n) is 12.1. The van der Waals surface area contributed by atoms with Crippen molar-refractivity contribution in [2.45, 2.75) is 64.1 Å². The van der Waals surface area contributed by atoms with Crippen LogP contribution < -0.4 is 14.8 Å². The molecule has 0 spiro atoms. The second-order valence-corrected chi connectivity index (χ2v) is 8.85. The first-order valence-corrected chi connectivity index (χ1v) is 12.6. The second-order valence-electron chi connectivity index (χ2n) is 8.58. The lowest BCUT2D eigenvalue weighted by molar-refractivity contribution is -0.140. The molecule has 1 atom stereocenters. The van der Waals surface area contributed by atoms with E-state index in [-0.39, 0.29) is 30.3 Å². The SMILES string of the molecule is CCOc1ccc([C@@H](C(=O)NC2CCCCCC2)N(Cc2ccccc2)C(=O)CCl)cc1OC. The summed E-state index contributed by atoms with van der Waals surface area (Å²) in [6, 6.07) is 14.3. The van der Waals surface area contributed by atoms with Gasteiger partial charge >= 0.3 is 0 Å². The molecule has 1 fully saturated rings. The van der Waals surface area contributed by atoms with Crippen LogP contribution in [-0.2, 0) is 16.1 Å². The number of methoxy groups -OCH3 is 1. The number of nitrogens with one attached hydrogen (secondary N) is 1. The van der Waals surface area contributed by atoms with Crippen molar-refractivity contribution in [3.8, 4) is 11.5 Å². The van der Waals surface area contributed by atoms with Crippen LogP contribution in [0, 0.1) is 0 Å². The van der Waals surface area contributed by atoms with Crippen LogP contribution in [0.2, 0.25) is 0 Å². The van der Waals surface area contributed by atoms with Crippen molar-refractivity contribution in [3.63, 3.8) is 0 Å². The maximum atomic E-state index is 13.8. The highest BCUT2D eigenvalue weighted by Crippen LogP contribution is 2.33. The van der Waals surface area contributed by atoms with Crippen molar-refractivity contribution in [1.82, 2.24) is 10.2 Å². The zero-order valence-electron chi connectivity index (χ0n) is 20.1. The molecule has 6 nitrogen and oxygen atoms in total. The Morgan fingerprint density at radius 1 is 1.06 bits per heavy atom. The quantitative estimate of drug-likeness (QED) is 0.368. The summed E-state index contributed by atoms with van der Waals surface area (Å²) in [5.74, 6) is 0.389.